The van der Waals surface area contributed by atoms with Gasteiger partial charge in [0.25, 0.3) is 0 Å². The Morgan fingerprint density at radius 3 is 2.35 bits per heavy atom. The molecule has 0 unspecified atom stereocenters. The first kappa shape index (κ1) is 18.0. The average molecular weight is 352 g/mol. The van der Waals surface area contributed by atoms with Crippen molar-refractivity contribution in [2.24, 2.45) is 5.73 Å². The monoisotopic (exact) mass is 352 g/mol. The number of primary amides is 1. The van der Waals surface area contributed by atoms with Crippen LogP contribution in [0.1, 0.15) is 42.3 Å². The summed E-state index contributed by atoms with van der Waals surface area (Å²) in [5, 5.41) is 0. The topological polar surface area (TPSA) is 72.6 Å². The molecule has 2 aromatic carbocycles. The minimum absolute atomic E-state index is 0.323. The van der Waals surface area contributed by atoms with Crippen LogP contribution in [0.25, 0.3) is 11.1 Å². The molecule has 3 rings (SSSR count). The zero-order valence-corrected chi connectivity index (χ0v) is 15.4. The van der Waals surface area contributed by atoms with Gasteiger partial charge in [-0.1, -0.05) is 36.4 Å². The van der Waals surface area contributed by atoms with E-state index in [1.807, 2.05) is 57.2 Å². The molecule has 1 aliphatic rings. The molecule has 2 N–H and O–H groups in total. The fourth-order valence-corrected chi connectivity index (χ4v) is 3.28. The third-order valence-corrected chi connectivity index (χ3v) is 4.41. The summed E-state index contributed by atoms with van der Waals surface area (Å²) >= 11 is 0. The van der Waals surface area contributed by atoms with E-state index >= 15 is 0 Å². The fraction of sp³-hybridized carbons (Fsp3) is 0.333. The van der Waals surface area contributed by atoms with Crippen LogP contribution in [0.4, 0.5) is 4.79 Å². The van der Waals surface area contributed by atoms with Crippen molar-refractivity contribution in [1.82, 2.24) is 4.90 Å². The molecule has 2 aromatic rings. The normalized spacial score (nSPS) is 13.9. The van der Waals surface area contributed by atoms with Gasteiger partial charge in [-0.3, -0.25) is 4.79 Å². The van der Waals surface area contributed by atoms with Crippen LogP contribution in [0.3, 0.4) is 0 Å². The van der Waals surface area contributed by atoms with E-state index in [-0.39, 0.29) is 6.09 Å². The van der Waals surface area contributed by atoms with Gasteiger partial charge in [-0.2, -0.15) is 0 Å². The van der Waals surface area contributed by atoms with Crippen LogP contribution in [0, 0.1) is 0 Å². The molecule has 0 spiro atoms. The second kappa shape index (κ2) is 6.83. The van der Waals surface area contributed by atoms with Crippen LogP contribution in [0.15, 0.2) is 42.5 Å². The summed E-state index contributed by atoms with van der Waals surface area (Å²) in [7, 11) is 0. The lowest BCUT2D eigenvalue weighted by Crippen LogP contribution is -2.40. The molecule has 5 nitrogen and oxygen atoms in total. The van der Waals surface area contributed by atoms with E-state index in [9.17, 15) is 9.59 Å². The Labute approximate surface area is 153 Å². The van der Waals surface area contributed by atoms with Gasteiger partial charge < -0.3 is 15.4 Å². The minimum Gasteiger partial charge on any atom is -0.444 e. The van der Waals surface area contributed by atoms with Gasteiger partial charge in [0.2, 0.25) is 5.91 Å². The third kappa shape index (κ3) is 3.72. The Hall–Kier alpha value is -2.82. The molecule has 0 saturated heterocycles. The van der Waals surface area contributed by atoms with Gasteiger partial charge in [-0.05, 0) is 55.5 Å². The Balaban J connectivity index is 2.00. The molecule has 1 heterocycles. The molecule has 0 aromatic heterocycles. The van der Waals surface area contributed by atoms with E-state index in [1.165, 1.54) is 0 Å². The van der Waals surface area contributed by atoms with Crippen molar-refractivity contribution in [1.29, 1.82) is 0 Å². The van der Waals surface area contributed by atoms with Gasteiger partial charge in [-0.15, -0.1) is 0 Å². The number of amides is 2. The molecule has 5 heteroatoms. The largest absolute Gasteiger partial charge is 0.444 e. The first-order valence-corrected chi connectivity index (χ1v) is 8.74. The summed E-state index contributed by atoms with van der Waals surface area (Å²) in [6, 6.07) is 13.7. The number of carbonyl (C=O) groups is 2. The van der Waals surface area contributed by atoms with Crippen LogP contribution < -0.4 is 5.73 Å². The number of ether oxygens (including phenoxy) is 1. The van der Waals surface area contributed by atoms with Gasteiger partial charge >= 0.3 is 6.09 Å². The Morgan fingerprint density at radius 2 is 1.73 bits per heavy atom. The second-order valence-electron chi connectivity index (χ2n) is 7.50. The number of carbonyl (C=O) groups excluding carboxylic acids is 2. The molecule has 0 radical (unpaired) electrons. The molecular formula is C21H24N2O3. The summed E-state index contributed by atoms with van der Waals surface area (Å²) in [5.41, 5.74) is 9.54. The third-order valence-electron chi connectivity index (χ3n) is 4.41. The van der Waals surface area contributed by atoms with Gasteiger partial charge in [0.1, 0.15) is 5.60 Å². The lowest BCUT2D eigenvalue weighted by Gasteiger charge is -2.33. The van der Waals surface area contributed by atoms with Crippen LogP contribution in [0.2, 0.25) is 0 Å². The summed E-state index contributed by atoms with van der Waals surface area (Å²) < 4.78 is 5.48. The zero-order valence-electron chi connectivity index (χ0n) is 15.4. The van der Waals surface area contributed by atoms with Crippen molar-refractivity contribution in [2.45, 2.75) is 39.3 Å². The van der Waals surface area contributed by atoms with Crippen molar-refractivity contribution in [3.8, 4) is 11.1 Å². The Bertz CT molecular complexity index is 838. The molecule has 0 saturated carbocycles. The Morgan fingerprint density at radius 1 is 1.04 bits per heavy atom. The first-order valence-electron chi connectivity index (χ1n) is 8.74. The molecule has 0 bridgehead atoms. The van der Waals surface area contributed by atoms with Gasteiger partial charge in [0.15, 0.2) is 0 Å². The standard InChI is InChI=1S/C21H24N2O3/c1-21(2,3)26-20(25)23-12-11-16-15(14-7-5-4-6-8-14)9-10-17(19(22)24)18(16)13-23/h4-10H,11-13H2,1-3H3,(H2,22,24). The minimum atomic E-state index is -0.560. The van der Waals surface area contributed by atoms with Gasteiger partial charge in [0, 0.05) is 12.1 Å². The lowest BCUT2D eigenvalue weighted by atomic mass is 9.87. The molecule has 2 amide bonds. The summed E-state index contributed by atoms with van der Waals surface area (Å²) in [4.78, 5) is 26.0. The van der Waals surface area contributed by atoms with E-state index in [0.717, 1.165) is 22.3 Å². The Kier molecular flexibility index (Phi) is 4.72. The van der Waals surface area contributed by atoms with Gasteiger partial charge in [-0.25, -0.2) is 4.79 Å². The maximum Gasteiger partial charge on any atom is 0.410 e. The highest BCUT2D eigenvalue weighted by atomic mass is 16.6. The zero-order chi connectivity index (χ0) is 18.9. The molecule has 26 heavy (non-hydrogen) atoms. The summed E-state index contributed by atoms with van der Waals surface area (Å²) in [6.07, 6.45) is 0.281. The number of rotatable bonds is 2. The second-order valence-corrected chi connectivity index (χ2v) is 7.50. The summed E-state index contributed by atoms with van der Waals surface area (Å²) in [6.45, 7) is 6.38. The van der Waals surface area contributed by atoms with Crippen LogP contribution in [-0.4, -0.2) is 29.0 Å². The van der Waals surface area contributed by atoms with E-state index in [4.69, 9.17) is 10.5 Å². The molecule has 0 atom stereocenters. The predicted octanol–water partition coefficient (Wildman–Crippen LogP) is 3.75. The van der Waals surface area contributed by atoms with Crippen LogP contribution in [0.5, 0.6) is 0 Å². The average Bonchev–Trinajstić information content (AvgIpc) is 2.59. The molecule has 1 aliphatic heterocycles. The number of fused-ring (bicyclic) bond motifs is 1. The molecular weight excluding hydrogens is 328 g/mol. The van der Waals surface area contributed by atoms with Crippen molar-refractivity contribution in [3.63, 3.8) is 0 Å². The SMILES string of the molecule is CC(C)(C)OC(=O)N1CCc2c(-c3ccccc3)ccc(C(N)=O)c2C1. The van der Waals surface area contributed by atoms with Crippen molar-refractivity contribution in [3.05, 3.63) is 59.2 Å². The molecule has 0 aliphatic carbocycles. The maximum absolute atomic E-state index is 12.4. The number of hydrogen-bond donors (Lipinski definition) is 1. The van der Waals surface area contributed by atoms with Gasteiger partial charge in [0.05, 0.1) is 6.54 Å². The number of nitrogens with two attached hydrogens (primary N) is 1. The lowest BCUT2D eigenvalue weighted by molar-refractivity contribution is 0.0223. The van der Waals surface area contributed by atoms with E-state index in [0.29, 0.717) is 25.1 Å². The smallest absolute Gasteiger partial charge is 0.410 e. The van der Waals surface area contributed by atoms with Crippen molar-refractivity contribution in [2.75, 3.05) is 6.54 Å². The van der Waals surface area contributed by atoms with Crippen LogP contribution >= 0.6 is 0 Å². The summed E-state index contributed by atoms with van der Waals surface area (Å²) in [5.74, 6) is -0.480. The number of hydrogen-bond acceptors (Lipinski definition) is 3. The van der Waals surface area contributed by atoms with E-state index in [1.54, 1.807) is 11.0 Å². The first-order chi connectivity index (χ1) is 12.3. The predicted molar refractivity (Wildman–Crippen MR) is 101 cm³/mol. The fourth-order valence-electron chi connectivity index (χ4n) is 3.28. The van der Waals surface area contributed by atoms with Crippen molar-refractivity contribution < 1.29 is 14.3 Å². The van der Waals surface area contributed by atoms with Crippen molar-refractivity contribution >= 4 is 12.0 Å². The van der Waals surface area contributed by atoms with E-state index < -0.39 is 11.5 Å². The molecule has 136 valence electrons. The highest BCUT2D eigenvalue weighted by molar-refractivity contribution is 5.96. The highest BCUT2D eigenvalue weighted by Crippen LogP contribution is 2.33. The highest BCUT2D eigenvalue weighted by Gasteiger charge is 2.29. The maximum atomic E-state index is 12.4. The number of benzene rings is 2. The van der Waals surface area contributed by atoms with E-state index in [2.05, 4.69) is 0 Å². The molecule has 0 fully saturated rings. The quantitative estimate of drug-likeness (QED) is 0.895. The number of nitrogens with zero attached hydrogens (tertiary/aromatic N) is 1. The van der Waals surface area contributed by atoms with Crippen LogP contribution in [-0.2, 0) is 17.7 Å².